The molecule has 0 aromatic heterocycles. The van der Waals surface area contributed by atoms with Crippen molar-refractivity contribution < 1.29 is 24.2 Å². The van der Waals surface area contributed by atoms with E-state index in [1.165, 1.54) is 0 Å². The molecule has 0 unspecified atom stereocenters. The van der Waals surface area contributed by atoms with Gasteiger partial charge in [-0.1, -0.05) is 0 Å². The fourth-order valence-electron chi connectivity index (χ4n) is 0.951. The number of carbonyl (C=O) groups is 2. The third-order valence-electron chi connectivity index (χ3n) is 1.78. The molecule has 0 rings (SSSR count). The lowest BCUT2D eigenvalue weighted by Gasteiger charge is -2.30. The normalized spacial score (nSPS) is 13.1. The first-order chi connectivity index (χ1) is 7.82. The minimum atomic E-state index is -2.19. The average molecular weight is 261 g/mol. The van der Waals surface area contributed by atoms with Crippen molar-refractivity contribution in [2.24, 2.45) is 5.73 Å². The summed E-state index contributed by atoms with van der Waals surface area (Å²) in [7, 11) is 0. The summed E-state index contributed by atoms with van der Waals surface area (Å²) in [5.74, 6) is -2.02. The van der Waals surface area contributed by atoms with Crippen molar-refractivity contribution in [1.29, 1.82) is 0 Å². The molecule has 0 aromatic carbocycles. The monoisotopic (exact) mass is 261 g/mol. The Morgan fingerprint density at radius 3 is 1.39 bits per heavy atom. The lowest BCUT2D eigenvalue weighted by molar-refractivity contribution is -0.179. The molecule has 0 bridgehead atoms. The number of aliphatic hydroxyl groups excluding tert-OH is 1. The predicted octanol–water partition coefficient (Wildman–Crippen LogP) is 0.360. The van der Waals surface area contributed by atoms with Crippen LogP contribution >= 0.6 is 0 Å². The van der Waals surface area contributed by atoms with E-state index in [9.17, 15) is 14.7 Å². The van der Waals surface area contributed by atoms with E-state index in [1.807, 2.05) is 0 Å². The van der Waals surface area contributed by atoms with E-state index in [0.29, 0.717) is 0 Å². The van der Waals surface area contributed by atoms with Crippen LogP contribution in [0.4, 0.5) is 0 Å². The molecule has 106 valence electrons. The molecule has 0 aromatic rings. The Bertz CT molecular complexity index is 296. The number of aliphatic hydroxyl groups is 1. The van der Waals surface area contributed by atoms with Gasteiger partial charge in [0.05, 0.1) is 6.61 Å². The molecule has 0 spiro atoms. The van der Waals surface area contributed by atoms with E-state index >= 15 is 0 Å². The van der Waals surface area contributed by atoms with E-state index in [2.05, 4.69) is 0 Å². The van der Waals surface area contributed by atoms with Crippen molar-refractivity contribution in [3.63, 3.8) is 0 Å². The average Bonchev–Trinajstić information content (AvgIpc) is 2.10. The maximum Gasteiger partial charge on any atom is 0.340 e. The molecule has 3 N–H and O–H groups in total. The van der Waals surface area contributed by atoms with Crippen LogP contribution in [0.2, 0.25) is 0 Å². The zero-order chi connectivity index (χ0) is 14.8. The van der Waals surface area contributed by atoms with Crippen LogP contribution in [0.3, 0.4) is 0 Å². The van der Waals surface area contributed by atoms with Crippen LogP contribution in [0, 0.1) is 0 Å². The molecule has 6 nitrogen and oxygen atoms in total. The molecule has 0 fully saturated rings. The molecule has 0 amide bonds. The first kappa shape index (κ1) is 16.9. The highest BCUT2D eigenvalue weighted by Crippen LogP contribution is 2.17. The quantitative estimate of drug-likeness (QED) is 0.562. The summed E-state index contributed by atoms with van der Waals surface area (Å²) < 4.78 is 10.0. The van der Waals surface area contributed by atoms with Gasteiger partial charge in [0.2, 0.25) is 5.54 Å². The van der Waals surface area contributed by atoms with E-state index in [-0.39, 0.29) is 0 Å². The summed E-state index contributed by atoms with van der Waals surface area (Å²) in [5, 5.41) is 9.19. The molecule has 0 aliphatic carbocycles. The fourth-order valence-corrected chi connectivity index (χ4v) is 0.951. The van der Waals surface area contributed by atoms with Crippen LogP contribution in [0.5, 0.6) is 0 Å². The van der Waals surface area contributed by atoms with Gasteiger partial charge < -0.3 is 20.3 Å². The first-order valence-corrected chi connectivity index (χ1v) is 5.68. The largest absolute Gasteiger partial charge is 0.458 e. The second-order valence-corrected chi connectivity index (χ2v) is 6.13. The van der Waals surface area contributed by atoms with Gasteiger partial charge in [-0.05, 0) is 41.5 Å². The lowest BCUT2D eigenvalue weighted by Crippen LogP contribution is -2.61. The van der Waals surface area contributed by atoms with Crippen molar-refractivity contribution >= 4 is 11.9 Å². The Morgan fingerprint density at radius 1 is 0.944 bits per heavy atom. The van der Waals surface area contributed by atoms with Crippen molar-refractivity contribution in [3.05, 3.63) is 0 Å². The molecular weight excluding hydrogens is 238 g/mol. The van der Waals surface area contributed by atoms with E-state index < -0.39 is 35.3 Å². The van der Waals surface area contributed by atoms with Crippen LogP contribution in [0.1, 0.15) is 41.5 Å². The molecule has 0 aliphatic heterocycles. The molecule has 0 atom stereocenters. The van der Waals surface area contributed by atoms with Crippen LogP contribution in [-0.4, -0.2) is 40.4 Å². The van der Waals surface area contributed by atoms with Crippen molar-refractivity contribution in [1.82, 2.24) is 0 Å². The van der Waals surface area contributed by atoms with Crippen LogP contribution < -0.4 is 5.73 Å². The van der Waals surface area contributed by atoms with Crippen LogP contribution in [0.25, 0.3) is 0 Å². The number of carbonyl (C=O) groups excluding carboxylic acids is 2. The number of hydrogen-bond donors (Lipinski definition) is 2. The van der Waals surface area contributed by atoms with Gasteiger partial charge in [0, 0.05) is 0 Å². The Labute approximate surface area is 107 Å². The van der Waals surface area contributed by atoms with E-state index in [1.54, 1.807) is 41.5 Å². The molecule has 18 heavy (non-hydrogen) atoms. The SMILES string of the molecule is CC(C)(C)OC(=O)C(N)(CO)C(=O)OC(C)(C)C. The summed E-state index contributed by atoms with van der Waals surface area (Å²) >= 11 is 0. The topological polar surface area (TPSA) is 98.9 Å². The van der Waals surface area contributed by atoms with Crippen molar-refractivity contribution in [2.75, 3.05) is 6.61 Å². The number of rotatable bonds is 3. The third-order valence-corrected chi connectivity index (χ3v) is 1.78. The summed E-state index contributed by atoms with van der Waals surface area (Å²) in [5.41, 5.74) is 1.79. The van der Waals surface area contributed by atoms with Gasteiger partial charge in [0.1, 0.15) is 11.2 Å². The van der Waals surface area contributed by atoms with Gasteiger partial charge in [-0.3, -0.25) is 0 Å². The Kier molecular flexibility index (Phi) is 4.91. The van der Waals surface area contributed by atoms with Gasteiger partial charge in [-0.25, -0.2) is 9.59 Å². The Balaban J connectivity index is 5.01. The summed E-state index contributed by atoms with van der Waals surface area (Å²) in [4.78, 5) is 23.7. The Hall–Kier alpha value is -1.14. The fraction of sp³-hybridized carbons (Fsp3) is 0.833. The predicted molar refractivity (Wildman–Crippen MR) is 65.7 cm³/mol. The Morgan fingerprint density at radius 2 is 1.22 bits per heavy atom. The molecule has 0 radical (unpaired) electrons. The van der Waals surface area contributed by atoms with Crippen LogP contribution in [0.15, 0.2) is 0 Å². The molecule has 0 aliphatic rings. The van der Waals surface area contributed by atoms with Gasteiger partial charge in [-0.15, -0.1) is 0 Å². The summed E-state index contributed by atoms with van der Waals surface area (Å²) in [6, 6.07) is 0. The smallest absolute Gasteiger partial charge is 0.340 e. The second-order valence-electron chi connectivity index (χ2n) is 6.13. The number of esters is 2. The van der Waals surface area contributed by atoms with Gasteiger partial charge in [0.25, 0.3) is 0 Å². The second kappa shape index (κ2) is 5.24. The zero-order valence-corrected chi connectivity index (χ0v) is 11.9. The van der Waals surface area contributed by atoms with Gasteiger partial charge in [-0.2, -0.15) is 0 Å². The standard InChI is InChI=1S/C12H23NO5/c1-10(2,3)17-8(15)12(13,7-14)9(16)18-11(4,5)6/h14H,7,13H2,1-6H3. The minimum Gasteiger partial charge on any atom is -0.458 e. The number of nitrogens with two attached hydrogens (primary N) is 1. The highest BCUT2D eigenvalue weighted by atomic mass is 16.6. The van der Waals surface area contributed by atoms with Crippen LogP contribution in [-0.2, 0) is 19.1 Å². The first-order valence-electron chi connectivity index (χ1n) is 5.68. The molecule has 0 saturated carbocycles. The minimum absolute atomic E-state index is 0.807. The van der Waals surface area contributed by atoms with Crippen molar-refractivity contribution in [2.45, 2.75) is 58.3 Å². The number of hydrogen-bond acceptors (Lipinski definition) is 6. The maximum absolute atomic E-state index is 11.8. The van der Waals surface area contributed by atoms with E-state index in [0.717, 1.165) is 0 Å². The van der Waals surface area contributed by atoms with Gasteiger partial charge in [0.15, 0.2) is 0 Å². The third kappa shape index (κ3) is 5.01. The summed E-state index contributed by atoms with van der Waals surface area (Å²) in [6.45, 7) is 8.94. The molecule has 0 heterocycles. The lowest BCUT2D eigenvalue weighted by atomic mass is 10.0. The zero-order valence-electron chi connectivity index (χ0n) is 11.9. The summed E-state index contributed by atoms with van der Waals surface area (Å²) in [6.07, 6.45) is 0. The van der Waals surface area contributed by atoms with E-state index in [4.69, 9.17) is 15.2 Å². The molecule has 0 saturated heterocycles. The maximum atomic E-state index is 11.8. The molecular formula is C12H23NO5. The number of ether oxygens (including phenoxy) is 2. The highest BCUT2D eigenvalue weighted by molar-refractivity contribution is 6.05. The van der Waals surface area contributed by atoms with Crippen molar-refractivity contribution in [3.8, 4) is 0 Å². The molecule has 6 heteroatoms. The highest BCUT2D eigenvalue weighted by Gasteiger charge is 2.47. The van der Waals surface area contributed by atoms with Gasteiger partial charge >= 0.3 is 11.9 Å².